The van der Waals surface area contributed by atoms with Crippen LogP contribution in [0.2, 0.25) is 0 Å². The van der Waals surface area contributed by atoms with Crippen LogP contribution in [0.5, 0.6) is 17.4 Å². The minimum Gasteiger partial charge on any atom is -0.504 e. The Kier molecular flexibility index (Phi) is 6.29. The summed E-state index contributed by atoms with van der Waals surface area (Å²) in [6.07, 6.45) is 4.38. The lowest BCUT2D eigenvalue weighted by Gasteiger charge is -2.08. The predicted molar refractivity (Wildman–Crippen MR) is 91.7 cm³/mol. The van der Waals surface area contributed by atoms with Gasteiger partial charge in [0.2, 0.25) is 5.88 Å². The van der Waals surface area contributed by atoms with E-state index >= 15 is 0 Å². The monoisotopic (exact) mass is 359 g/mol. The Morgan fingerprint density at radius 2 is 2.00 bits per heavy atom. The third-order valence-electron chi connectivity index (χ3n) is 3.06. The lowest BCUT2D eigenvalue weighted by Crippen LogP contribution is -1.91. The second kappa shape index (κ2) is 8.45. The fourth-order valence-electron chi connectivity index (χ4n) is 1.99. The number of aryl methyl sites for hydroxylation is 1. The summed E-state index contributed by atoms with van der Waals surface area (Å²) < 4.78 is 5.62. The van der Waals surface area contributed by atoms with Gasteiger partial charge in [-0.3, -0.25) is 0 Å². The molecule has 0 bridgehead atoms. The van der Waals surface area contributed by atoms with Crippen LogP contribution in [0, 0.1) is 11.8 Å². The molecule has 1 aromatic heterocycles. The summed E-state index contributed by atoms with van der Waals surface area (Å²) >= 11 is 3.26. The van der Waals surface area contributed by atoms with Crippen LogP contribution in [0.3, 0.4) is 0 Å². The molecule has 2 aromatic rings. The summed E-state index contributed by atoms with van der Waals surface area (Å²) in [4.78, 5) is 4.24. The number of phenolic OH excluding ortho intramolecular Hbond substituents is 1. The Morgan fingerprint density at radius 3 is 2.64 bits per heavy atom. The number of aromatic hydroxyl groups is 1. The third kappa shape index (κ3) is 4.78. The van der Waals surface area contributed by atoms with Gasteiger partial charge >= 0.3 is 0 Å². The number of rotatable bonds is 5. The first-order chi connectivity index (χ1) is 10.7. The number of hydrogen-bond acceptors (Lipinski definition) is 3. The van der Waals surface area contributed by atoms with Gasteiger partial charge in [-0.25, -0.2) is 4.98 Å². The van der Waals surface area contributed by atoms with Gasteiger partial charge in [-0.1, -0.05) is 53.2 Å². The van der Waals surface area contributed by atoms with Gasteiger partial charge < -0.3 is 9.84 Å². The quantitative estimate of drug-likeness (QED) is 0.632. The molecule has 22 heavy (non-hydrogen) atoms. The number of pyridine rings is 1. The Morgan fingerprint density at radius 1 is 1.18 bits per heavy atom. The standard InChI is InChI=1S/C18H18BrNO2/c1-2-5-14-7-9-17(16(21)12-14)22-18-10-8-15(13-20-18)6-3-4-11-19/h7-10,12-13,21H,2,5-6,11H2,1H3. The highest BCUT2D eigenvalue weighted by molar-refractivity contribution is 9.09. The van der Waals surface area contributed by atoms with Gasteiger partial charge in [0.1, 0.15) is 0 Å². The highest BCUT2D eigenvalue weighted by Crippen LogP contribution is 2.30. The average molecular weight is 360 g/mol. The van der Waals surface area contributed by atoms with Gasteiger partial charge in [0, 0.05) is 18.7 Å². The van der Waals surface area contributed by atoms with E-state index in [1.54, 1.807) is 24.4 Å². The molecule has 2 rings (SSSR count). The number of benzene rings is 1. The number of ether oxygens (including phenoxy) is 1. The number of phenols is 1. The molecule has 0 amide bonds. The van der Waals surface area contributed by atoms with Crippen molar-refractivity contribution in [1.29, 1.82) is 0 Å². The highest BCUT2D eigenvalue weighted by Gasteiger charge is 2.06. The number of halogens is 1. The Hall–Kier alpha value is -1.99. The largest absolute Gasteiger partial charge is 0.504 e. The van der Waals surface area contributed by atoms with E-state index < -0.39 is 0 Å². The van der Waals surface area contributed by atoms with Crippen molar-refractivity contribution in [2.75, 3.05) is 5.33 Å². The van der Waals surface area contributed by atoms with E-state index in [1.165, 1.54) is 0 Å². The molecule has 0 saturated heterocycles. The van der Waals surface area contributed by atoms with E-state index in [1.807, 2.05) is 12.1 Å². The summed E-state index contributed by atoms with van der Waals surface area (Å²) in [5, 5.41) is 10.7. The summed E-state index contributed by atoms with van der Waals surface area (Å²) in [6.45, 7) is 2.11. The molecule has 0 aliphatic heterocycles. The maximum atomic E-state index is 10.0. The molecule has 0 fully saturated rings. The van der Waals surface area contributed by atoms with Crippen LogP contribution < -0.4 is 4.74 Å². The number of aromatic nitrogens is 1. The van der Waals surface area contributed by atoms with Crippen molar-refractivity contribution in [3.63, 3.8) is 0 Å². The molecular weight excluding hydrogens is 342 g/mol. The van der Waals surface area contributed by atoms with Crippen molar-refractivity contribution >= 4 is 15.9 Å². The van der Waals surface area contributed by atoms with Crippen molar-refractivity contribution < 1.29 is 9.84 Å². The zero-order valence-electron chi connectivity index (χ0n) is 12.5. The molecule has 4 heteroatoms. The second-order valence-corrected chi connectivity index (χ2v) is 5.38. The zero-order valence-corrected chi connectivity index (χ0v) is 14.1. The van der Waals surface area contributed by atoms with E-state index in [-0.39, 0.29) is 5.75 Å². The first-order valence-corrected chi connectivity index (χ1v) is 8.31. The molecule has 0 aliphatic rings. The first-order valence-electron chi connectivity index (χ1n) is 7.19. The Balaban J connectivity index is 2.04. The summed E-state index contributed by atoms with van der Waals surface area (Å²) in [6, 6.07) is 9.18. The molecule has 0 unspecified atom stereocenters. The van der Waals surface area contributed by atoms with Gasteiger partial charge in [-0.2, -0.15) is 0 Å². The maximum absolute atomic E-state index is 10.0. The number of hydrogen-bond donors (Lipinski definition) is 1. The van der Waals surface area contributed by atoms with Crippen LogP contribution in [-0.4, -0.2) is 15.4 Å². The summed E-state index contributed by atoms with van der Waals surface area (Å²) in [5.74, 6) is 6.99. The van der Waals surface area contributed by atoms with E-state index in [0.29, 0.717) is 23.4 Å². The van der Waals surface area contributed by atoms with Gasteiger partial charge in [0.25, 0.3) is 0 Å². The minimum absolute atomic E-state index is 0.139. The van der Waals surface area contributed by atoms with Gasteiger partial charge in [0.15, 0.2) is 11.5 Å². The second-order valence-electron chi connectivity index (χ2n) is 4.82. The molecule has 1 N–H and O–H groups in total. The lowest BCUT2D eigenvalue weighted by atomic mass is 10.1. The molecule has 0 aliphatic carbocycles. The molecule has 0 atom stereocenters. The van der Waals surface area contributed by atoms with E-state index in [4.69, 9.17) is 4.74 Å². The fourth-order valence-corrected chi connectivity index (χ4v) is 2.19. The molecule has 3 nitrogen and oxygen atoms in total. The van der Waals surface area contributed by atoms with Crippen molar-refractivity contribution in [2.45, 2.75) is 26.2 Å². The lowest BCUT2D eigenvalue weighted by molar-refractivity contribution is 0.402. The van der Waals surface area contributed by atoms with Crippen molar-refractivity contribution in [2.24, 2.45) is 0 Å². The third-order valence-corrected chi connectivity index (χ3v) is 3.34. The molecule has 0 spiro atoms. The van der Waals surface area contributed by atoms with Crippen LogP contribution in [0.15, 0.2) is 36.5 Å². The Bertz CT molecular complexity index is 672. The fraction of sp³-hybridized carbons (Fsp3) is 0.278. The van der Waals surface area contributed by atoms with E-state index in [9.17, 15) is 5.11 Å². The average Bonchev–Trinajstić information content (AvgIpc) is 2.52. The van der Waals surface area contributed by atoms with Crippen LogP contribution in [0.4, 0.5) is 0 Å². The van der Waals surface area contributed by atoms with Crippen molar-refractivity contribution in [3.05, 3.63) is 47.7 Å². The van der Waals surface area contributed by atoms with Gasteiger partial charge in [-0.15, -0.1) is 0 Å². The summed E-state index contributed by atoms with van der Waals surface area (Å²) in [5.41, 5.74) is 2.13. The normalized spacial score (nSPS) is 9.91. The molecule has 0 radical (unpaired) electrons. The first kappa shape index (κ1) is 16.4. The smallest absolute Gasteiger partial charge is 0.219 e. The highest BCUT2D eigenvalue weighted by atomic mass is 79.9. The summed E-state index contributed by atoms with van der Waals surface area (Å²) in [7, 11) is 0. The van der Waals surface area contributed by atoms with Gasteiger partial charge in [-0.05, 0) is 29.7 Å². The van der Waals surface area contributed by atoms with Crippen molar-refractivity contribution in [3.8, 4) is 29.2 Å². The number of nitrogens with zero attached hydrogens (tertiary/aromatic N) is 1. The zero-order chi connectivity index (χ0) is 15.8. The molecular formula is C18H18BrNO2. The molecule has 1 aromatic carbocycles. The Labute approximate surface area is 139 Å². The van der Waals surface area contributed by atoms with Crippen LogP contribution in [-0.2, 0) is 12.8 Å². The van der Waals surface area contributed by atoms with E-state index in [0.717, 1.165) is 24.0 Å². The van der Waals surface area contributed by atoms with Crippen LogP contribution >= 0.6 is 15.9 Å². The molecule has 0 saturated carbocycles. The number of alkyl halides is 1. The van der Waals surface area contributed by atoms with E-state index in [2.05, 4.69) is 39.7 Å². The molecule has 1 heterocycles. The molecule has 114 valence electrons. The van der Waals surface area contributed by atoms with Crippen LogP contribution in [0.25, 0.3) is 0 Å². The minimum atomic E-state index is 0.139. The van der Waals surface area contributed by atoms with Crippen LogP contribution in [0.1, 0.15) is 24.5 Å². The predicted octanol–water partition coefficient (Wildman–Crippen LogP) is 4.47. The van der Waals surface area contributed by atoms with Crippen molar-refractivity contribution in [1.82, 2.24) is 4.98 Å². The maximum Gasteiger partial charge on any atom is 0.219 e. The van der Waals surface area contributed by atoms with Gasteiger partial charge in [0.05, 0.1) is 5.33 Å². The SMILES string of the molecule is CCCc1ccc(Oc2ccc(CC#CCBr)cn2)c(O)c1. The topological polar surface area (TPSA) is 42.4 Å².